The number of piperidine rings is 1. The smallest absolute Gasteiger partial charge is 0.126 e. The van der Waals surface area contributed by atoms with Crippen molar-refractivity contribution < 1.29 is 4.39 Å². The molecular formula is C17H28FN3. The fourth-order valence-corrected chi connectivity index (χ4v) is 3.17. The van der Waals surface area contributed by atoms with Gasteiger partial charge in [0, 0.05) is 37.9 Å². The predicted molar refractivity (Wildman–Crippen MR) is 87.3 cm³/mol. The molecule has 0 unspecified atom stereocenters. The number of likely N-dealkylation sites (tertiary alicyclic amines) is 1. The van der Waals surface area contributed by atoms with Crippen molar-refractivity contribution in [2.24, 2.45) is 5.73 Å². The standard InChI is InChI=1S/C17H28FN3/c1-5-21-8-6-14(7-9-21)20(4)17-10-12(2)16(18)11-15(17)13(3)19/h10-11,13-14H,5-9,19H2,1-4H3/t13-/m1/s1. The summed E-state index contributed by atoms with van der Waals surface area (Å²) in [7, 11) is 2.12. The van der Waals surface area contributed by atoms with E-state index in [4.69, 9.17) is 5.73 Å². The summed E-state index contributed by atoms with van der Waals surface area (Å²) in [5.74, 6) is -0.166. The molecule has 1 heterocycles. The van der Waals surface area contributed by atoms with E-state index in [1.807, 2.05) is 19.9 Å². The van der Waals surface area contributed by atoms with Crippen LogP contribution in [0, 0.1) is 12.7 Å². The summed E-state index contributed by atoms with van der Waals surface area (Å²) in [5.41, 5.74) is 8.71. The average Bonchev–Trinajstić information content (AvgIpc) is 2.48. The monoisotopic (exact) mass is 293 g/mol. The van der Waals surface area contributed by atoms with Crippen LogP contribution in [0.25, 0.3) is 0 Å². The van der Waals surface area contributed by atoms with Gasteiger partial charge in [-0.1, -0.05) is 6.92 Å². The highest BCUT2D eigenvalue weighted by Crippen LogP contribution is 2.31. The van der Waals surface area contributed by atoms with Gasteiger partial charge in [0.15, 0.2) is 0 Å². The molecule has 118 valence electrons. The first-order chi connectivity index (χ1) is 9.93. The molecule has 1 saturated heterocycles. The van der Waals surface area contributed by atoms with Gasteiger partial charge >= 0.3 is 0 Å². The van der Waals surface area contributed by atoms with Crippen LogP contribution in [0.2, 0.25) is 0 Å². The van der Waals surface area contributed by atoms with Gasteiger partial charge in [-0.3, -0.25) is 0 Å². The van der Waals surface area contributed by atoms with Crippen molar-refractivity contribution in [3.63, 3.8) is 0 Å². The van der Waals surface area contributed by atoms with Crippen molar-refractivity contribution in [1.29, 1.82) is 0 Å². The van der Waals surface area contributed by atoms with Crippen LogP contribution >= 0.6 is 0 Å². The summed E-state index contributed by atoms with van der Waals surface area (Å²) in [5, 5.41) is 0. The number of halogens is 1. The van der Waals surface area contributed by atoms with Crippen LogP contribution in [0.5, 0.6) is 0 Å². The zero-order chi connectivity index (χ0) is 15.6. The van der Waals surface area contributed by atoms with Gasteiger partial charge in [-0.25, -0.2) is 4.39 Å². The molecule has 0 radical (unpaired) electrons. The Morgan fingerprint density at radius 2 is 2.00 bits per heavy atom. The maximum Gasteiger partial charge on any atom is 0.126 e. The summed E-state index contributed by atoms with van der Waals surface area (Å²) in [6.45, 7) is 9.34. The number of benzene rings is 1. The lowest BCUT2D eigenvalue weighted by molar-refractivity contribution is 0.220. The number of hydrogen-bond donors (Lipinski definition) is 1. The fourth-order valence-electron chi connectivity index (χ4n) is 3.17. The fraction of sp³-hybridized carbons (Fsp3) is 0.647. The summed E-state index contributed by atoms with van der Waals surface area (Å²) in [4.78, 5) is 4.78. The normalized spacial score (nSPS) is 18.8. The van der Waals surface area contributed by atoms with Gasteiger partial charge in [-0.05, 0) is 56.5 Å². The number of nitrogens with two attached hydrogens (primary N) is 1. The molecule has 3 nitrogen and oxygen atoms in total. The van der Waals surface area contributed by atoms with Gasteiger partial charge in [0.05, 0.1) is 0 Å². The van der Waals surface area contributed by atoms with Crippen LogP contribution in [0.15, 0.2) is 12.1 Å². The first kappa shape index (κ1) is 16.2. The van der Waals surface area contributed by atoms with Gasteiger partial charge in [-0.15, -0.1) is 0 Å². The lowest BCUT2D eigenvalue weighted by atomic mass is 9.98. The molecule has 0 saturated carbocycles. The Labute approximate surface area is 127 Å². The lowest BCUT2D eigenvalue weighted by Gasteiger charge is -2.38. The third kappa shape index (κ3) is 3.55. The molecule has 1 aliphatic heterocycles. The van der Waals surface area contributed by atoms with Gasteiger partial charge in [-0.2, -0.15) is 0 Å². The molecule has 1 atom stereocenters. The Balaban J connectivity index is 2.22. The quantitative estimate of drug-likeness (QED) is 0.926. The van der Waals surface area contributed by atoms with E-state index in [1.165, 1.54) is 0 Å². The molecule has 0 aromatic heterocycles. The van der Waals surface area contributed by atoms with E-state index in [0.717, 1.165) is 43.7 Å². The molecule has 0 amide bonds. The van der Waals surface area contributed by atoms with E-state index < -0.39 is 0 Å². The molecular weight excluding hydrogens is 265 g/mol. The number of aryl methyl sites for hydroxylation is 1. The van der Waals surface area contributed by atoms with Crippen molar-refractivity contribution >= 4 is 5.69 Å². The Kier molecular flexibility index (Phi) is 5.22. The Morgan fingerprint density at radius 1 is 1.38 bits per heavy atom. The third-order valence-corrected chi connectivity index (χ3v) is 4.73. The molecule has 4 heteroatoms. The topological polar surface area (TPSA) is 32.5 Å². The van der Waals surface area contributed by atoms with Crippen LogP contribution in [0.4, 0.5) is 10.1 Å². The van der Waals surface area contributed by atoms with Crippen LogP contribution in [0.3, 0.4) is 0 Å². The van der Waals surface area contributed by atoms with Crippen molar-refractivity contribution in [2.45, 2.75) is 45.7 Å². The number of rotatable bonds is 4. The zero-order valence-electron chi connectivity index (χ0n) is 13.7. The molecule has 0 spiro atoms. The Hall–Kier alpha value is -1.13. The average molecular weight is 293 g/mol. The summed E-state index contributed by atoms with van der Waals surface area (Å²) < 4.78 is 13.8. The largest absolute Gasteiger partial charge is 0.371 e. The number of anilines is 1. The highest BCUT2D eigenvalue weighted by Gasteiger charge is 2.24. The molecule has 1 fully saturated rings. The van der Waals surface area contributed by atoms with Crippen molar-refractivity contribution in [1.82, 2.24) is 4.90 Å². The molecule has 0 aliphatic carbocycles. The van der Waals surface area contributed by atoms with Crippen molar-refractivity contribution in [3.8, 4) is 0 Å². The SMILES string of the molecule is CCN1CCC(N(C)c2cc(C)c(F)cc2[C@@H](C)N)CC1. The van der Waals surface area contributed by atoms with E-state index in [1.54, 1.807) is 6.07 Å². The van der Waals surface area contributed by atoms with E-state index >= 15 is 0 Å². The minimum absolute atomic E-state index is 0.159. The second kappa shape index (κ2) is 6.75. The predicted octanol–water partition coefficient (Wildman–Crippen LogP) is 3.07. The summed E-state index contributed by atoms with van der Waals surface area (Å²) >= 11 is 0. The van der Waals surface area contributed by atoms with E-state index in [9.17, 15) is 4.39 Å². The molecule has 1 aliphatic rings. The van der Waals surface area contributed by atoms with Crippen molar-refractivity contribution in [2.75, 3.05) is 31.6 Å². The van der Waals surface area contributed by atoms with Gasteiger partial charge < -0.3 is 15.5 Å². The molecule has 0 bridgehead atoms. The number of hydrogen-bond acceptors (Lipinski definition) is 3. The van der Waals surface area contributed by atoms with E-state index in [2.05, 4.69) is 23.8 Å². The maximum absolute atomic E-state index is 13.8. The Bertz CT molecular complexity index is 479. The second-order valence-electron chi connectivity index (χ2n) is 6.23. The number of nitrogens with zero attached hydrogens (tertiary/aromatic N) is 2. The third-order valence-electron chi connectivity index (χ3n) is 4.73. The second-order valence-corrected chi connectivity index (χ2v) is 6.23. The molecule has 1 aromatic carbocycles. The first-order valence-electron chi connectivity index (χ1n) is 7.94. The van der Waals surface area contributed by atoms with Crippen molar-refractivity contribution in [3.05, 3.63) is 29.1 Å². The minimum Gasteiger partial charge on any atom is -0.371 e. The first-order valence-corrected chi connectivity index (χ1v) is 7.94. The van der Waals surface area contributed by atoms with Crippen LogP contribution in [0.1, 0.15) is 43.9 Å². The summed E-state index contributed by atoms with van der Waals surface area (Å²) in [6, 6.07) is 3.90. The molecule has 21 heavy (non-hydrogen) atoms. The van der Waals surface area contributed by atoms with Crippen LogP contribution in [-0.4, -0.2) is 37.6 Å². The van der Waals surface area contributed by atoms with Crippen LogP contribution < -0.4 is 10.6 Å². The van der Waals surface area contributed by atoms with Gasteiger partial charge in [0.25, 0.3) is 0 Å². The maximum atomic E-state index is 13.8. The molecule has 1 aromatic rings. The van der Waals surface area contributed by atoms with E-state index in [-0.39, 0.29) is 11.9 Å². The molecule has 2 rings (SSSR count). The van der Waals surface area contributed by atoms with E-state index in [0.29, 0.717) is 11.6 Å². The Morgan fingerprint density at radius 3 is 2.52 bits per heavy atom. The lowest BCUT2D eigenvalue weighted by Crippen LogP contribution is -2.43. The van der Waals surface area contributed by atoms with Gasteiger partial charge in [0.2, 0.25) is 0 Å². The highest BCUT2D eigenvalue weighted by atomic mass is 19.1. The zero-order valence-corrected chi connectivity index (χ0v) is 13.7. The molecule has 2 N–H and O–H groups in total. The minimum atomic E-state index is -0.166. The summed E-state index contributed by atoms with van der Waals surface area (Å²) in [6.07, 6.45) is 2.30. The van der Waals surface area contributed by atoms with Gasteiger partial charge in [0.1, 0.15) is 5.82 Å². The highest BCUT2D eigenvalue weighted by molar-refractivity contribution is 5.57. The van der Waals surface area contributed by atoms with Crippen LogP contribution in [-0.2, 0) is 0 Å².